The van der Waals surface area contributed by atoms with Crippen LogP contribution in [0.1, 0.15) is 31.9 Å². The molecule has 5 heterocycles. The molecule has 0 aliphatic carbocycles. The van der Waals surface area contributed by atoms with Crippen LogP contribution in [0.3, 0.4) is 0 Å². The Hall–Kier alpha value is -7.82. The SMILES string of the molecule is C=c1/c(=C\C=C/C)n(-c2ccc(N3c4ccccc4C(C)(C)c4ccccc43)cc2)c2cc3c(cc12)n1c2ccccc2c2cccc(c4cccc5c6ccccc6n3c54)c21. The number of anilines is 3. The normalized spacial score (nSPS) is 14.2. The number of fused-ring (bicyclic) bond motifs is 13. The Morgan fingerprint density at radius 3 is 1.48 bits per heavy atom. The average molecular weight is 795 g/mol. The first-order valence-electron chi connectivity index (χ1n) is 21.6. The van der Waals surface area contributed by atoms with Crippen LogP contribution in [0.25, 0.3) is 94.7 Å². The average Bonchev–Trinajstić information content (AvgIpc) is 3.92. The summed E-state index contributed by atoms with van der Waals surface area (Å²) in [6, 6.07) is 63.0. The molecule has 0 radical (unpaired) electrons. The van der Waals surface area contributed by atoms with Crippen LogP contribution in [0.15, 0.2) is 182 Å². The molecular formula is C58H42N4. The molecule has 4 aromatic heterocycles. The highest BCUT2D eigenvalue weighted by atomic mass is 15.2. The molecule has 8 aromatic carbocycles. The third kappa shape index (κ3) is 4.51. The molecule has 0 saturated carbocycles. The Balaban J connectivity index is 1.16. The summed E-state index contributed by atoms with van der Waals surface area (Å²) in [5.41, 5.74) is 15.4. The number of nitrogens with zero attached hydrogens (tertiary/aromatic N) is 4. The minimum absolute atomic E-state index is 0.120. The first-order chi connectivity index (χ1) is 30.4. The van der Waals surface area contributed by atoms with E-state index in [2.05, 4.69) is 227 Å². The third-order valence-electron chi connectivity index (χ3n) is 13.8. The lowest BCUT2D eigenvalue weighted by Crippen LogP contribution is -2.30. The summed E-state index contributed by atoms with van der Waals surface area (Å²) in [7, 11) is 0. The first-order valence-corrected chi connectivity index (χ1v) is 21.6. The van der Waals surface area contributed by atoms with Crippen LogP contribution in [0.5, 0.6) is 0 Å². The molecule has 0 bridgehead atoms. The topological polar surface area (TPSA) is 17.0 Å². The van der Waals surface area contributed by atoms with Crippen molar-refractivity contribution < 1.29 is 0 Å². The van der Waals surface area contributed by atoms with E-state index in [-0.39, 0.29) is 5.41 Å². The van der Waals surface area contributed by atoms with Crippen LogP contribution in [-0.4, -0.2) is 13.4 Å². The minimum Gasteiger partial charge on any atom is -0.310 e. The van der Waals surface area contributed by atoms with Crippen LogP contribution in [0.2, 0.25) is 0 Å². The maximum atomic E-state index is 4.84. The van der Waals surface area contributed by atoms with Crippen LogP contribution < -0.4 is 15.5 Å². The molecule has 1 aliphatic rings. The zero-order valence-electron chi connectivity index (χ0n) is 34.9. The van der Waals surface area contributed by atoms with Gasteiger partial charge in [-0.15, -0.1) is 0 Å². The van der Waals surface area contributed by atoms with Crippen molar-refractivity contribution in [3.63, 3.8) is 0 Å². The highest BCUT2D eigenvalue weighted by Gasteiger charge is 2.36. The second-order valence-electron chi connectivity index (χ2n) is 17.4. The van der Waals surface area contributed by atoms with Gasteiger partial charge in [0.2, 0.25) is 0 Å². The van der Waals surface area contributed by atoms with E-state index in [0.717, 1.165) is 43.9 Å². The van der Waals surface area contributed by atoms with Gasteiger partial charge in [-0.25, -0.2) is 0 Å². The molecule has 4 heteroatoms. The standard InChI is InChI=1S/C58H42N4/c1-5-6-25-48-36(2)45-34-54-55(35-53(45)59(48)37-30-32-38(33-31-37)60-51-28-13-9-23-46(51)58(3,4)47-24-10-14-29-52(47)60)62-50-27-12-8-18-40(50)42-20-16-22-44(57(42)62)43-21-15-19-41-39-17-7-11-26-49(39)61(54)56(41)43/h5-35H,2H2,1,3-4H3/b6-5-,48-25+. The van der Waals surface area contributed by atoms with Gasteiger partial charge in [-0.05, 0) is 84.8 Å². The Morgan fingerprint density at radius 1 is 0.452 bits per heavy atom. The molecule has 294 valence electrons. The van der Waals surface area contributed by atoms with Crippen molar-refractivity contribution in [2.75, 3.05) is 4.90 Å². The lowest BCUT2D eigenvalue weighted by Gasteiger charge is -2.42. The van der Waals surface area contributed by atoms with Gasteiger partial charge in [0.15, 0.2) is 0 Å². The molecule has 0 saturated heterocycles. The van der Waals surface area contributed by atoms with Gasteiger partial charge in [-0.1, -0.05) is 142 Å². The second kappa shape index (κ2) is 12.6. The molecule has 0 unspecified atom stereocenters. The highest BCUT2D eigenvalue weighted by molar-refractivity contribution is 6.25. The summed E-state index contributed by atoms with van der Waals surface area (Å²) in [4.78, 5) is 2.43. The molecule has 0 atom stereocenters. The first kappa shape index (κ1) is 35.0. The number of rotatable bonds is 3. The van der Waals surface area contributed by atoms with Crippen molar-refractivity contribution in [2.24, 2.45) is 0 Å². The molecule has 0 fully saturated rings. The maximum absolute atomic E-state index is 4.84. The summed E-state index contributed by atoms with van der Waals surface area (Å²) in [6.07, 6.45) is 6.44. The van der Waals surface area contributed by atoms with E-state index in [1.165, 1.54) is 76.9 Å². The molecule has 4 nitrogen and oxygen atoms in total. The van der Waals surface area contributed by atoms with Crippen molar-refractivity contribution in [3.8, 4) is 5.69 Å². The number of allylic oxidation sites excluding steroid dienone is 2. The number of hydrogen-bond donors (Lipinski definition) is 0. The number of hydrogen-bond acceptors (Lipinski definition) is 1. The molecule has 0 N–H and O–H groups in total. The fourth-order valence-corrected chi connectivity index (χ4v) is 11.1. The van der Waals surface area contributed by atoms with Crippen molar-refractivity contribution in [3.05, 3.63) is 204 Å². The van der Waals surface area contributed by atoms with Crippen molar-refractivity contribution in [1.29, 1.82) is 0 Å². The summed E-state index contributed by atoms with van der Waals surface area (Å²) in [6.45, 7) is 11.6. The van der Waals surface area contributed by atoms with Gasteiger partial charge in [0.05, 0.1) is 55.3 Å². The van der Waals surface area contributed by atoms with Crippen molar-refractivity contribution in [1.82, 2.24) is 13.4 Å². The molecule has 13 rings (SSSR count). The Labute approximate surface area is 358 Å². The van der Waals surface area contributed by atoms with Crippen molar-refractivity contribution >= 4 is 106 Å². The Kier molecular flexibility index (Phi) is 7.11. The predicted molar refractivity (Wildman–Crippen MR) is 264 cm³/mol. The van der Waals surface area contributed by atoms with Crippen LogP contribution >= 0.6 is 0 Å². The Bertz CT molecular complexity index is 3990. The van der Waals surface area contributed by atoms with Gasteiger partial charge >= 0.3 is 0 Å². The molecular weight excluding hydrogens is 753 g/mol. The van der Waals surface area contributed by atoms with Gasteiger partial charge in [0.25, 0.3) is 0 Å². The maximum Gasteiger partial charge on any atom is 0.0724 e. The van der Waals surface area contributed by atoms with E-state index < -0.39 is 0 Å². The smallest absolute Gasteiger partial charge is 0.0724 e. The van der Waals surface area contributed by atoms with Crippen LogP contribution in [-0.2, 0) is 5.41 Å². The van der Waals surface area contributed by atoms with Gasteiger partial charge in [-0.3, -0.25) is 0 Å². The fraction of sp³-hybridized carbons (Fsp3) is 0.0690. The fourth-order valence-electron chi connectivity index (χ4n) is 11.1. The second-order valence-corrected chi connectivity index (χ2v) is 17.4. The molecule has 0 amide bonds. The van der Waals surface area contributed by atoms with Gasteiger partial charge in [-0.2, -0.15) is 0 Å². The Morgan fingerprint density at radius 2 is 0.919 bits per heavy atom. The number of para-hydroxylation sites is 6. The highest BCUT2D eigenvalue weighted by Crippen LogP contribution is 2.51. The van der Waals surface area contributed by atoms with E-state index in [1.807, 2.05) is 0 Å². The number of aromatic nitrogens is 3. The van der Waals surface area contributed by atoms with E-state index >= 15 is 0 Å². The quantitative estimate of drug-likeness (QED) is 0.174. The third-order valence-corrected chi connectivity index (χ3v) is 13.8. The molecule has 12 aromatic rings. The summed E-state index contributed by atoms with van der Waals surface area (Å²) < 4.78 is 7.45. The number of benzene rings is 8. The minimum atomic E-state index is -0.120. The van der Waals surface area contributed by atoms with Crippen LogP contribution in [0.4, 0.5) is 17.1 Å². The molecule has 62 heavy (non-hydrogen) atoms. The van der Waals surface area contributed by atoms with Gasteiger partial charge < -0.3 is 18.3 Å². The van der Waals surface area contributed by atoms with E-state index in [9.17, 15) is 0 Å². The summed E-state index contributed by atoms with van der Waals surface area (Å²) in [5, 5.41) is 10.6. The van der Waals surface area contributed by atoms with Gasteiger partial charge in [0.1, 0.15) is 0 Å². The van der Waals surface area contributed by atoms with Gasteiger partial charge in [0, 0.05) is 59.7 Å². The summed E-state index contributed by atoms with van der Waals surface area (Å²) in [5.74, 6) is 0. The zero-order chi connectivity index (χ0) is 41.4. The lowest BCUT2D eigenvalue weighted by molar-refractivity contribution is 0.632. The van der Waals surface area contributed by atoms with E-state index in [0.29, 0.717) is 0 Å². The zero-order valence-corrected chi connectivity index (χ0v) is 34.9. The van der Waals surface area contributed by atoms with E-state index in [4.69, 9.17) is 6.58 Å². The van der Waals surface area contributed by atoms with Crippen molar-refractivity contribution in [2.45, 2.75) is 26.2 Å². The summed E-state index contributed by atoms with van der Waals surface area (Å²) >= 11 is 0. The lowest BCUT2D eigenvalue weighted by atomic mass is 9.73. The van der Waals surface area contributed by atoms with Crippen LogP contribution in [0, 0.1) is 0 Å². The predicted octanol–water partition coefficient (Wildman–Crippen LogP) is 13.8. The monoisotopic (exact) mass is 794 g/mol. The molecule has 1 aliphatic heterocycles. The molecule has 0 spiro atoms. The largest absolute Gasteiger partial charge is 0.310 e. The van der Waals surface area contributed by atoms with E-state index in [1.54, 1.807) is 0 Å².